The lowest BCUT2D eigenvalue weighted by atomic mass is 10.1. The summed E-state index contributed by atoms with van der Waals surface area (Å²) in [7, 11) is 0. The van der Waals surface area contributed by atoms with Crippen LogP contribution in [0, 0.1) is 13.8 Å². The quantitative estimate of drug-likeness (QED) is 0.625. The van der Waals surface area contributed by atoms with Crippen molar-refractivity contribution in [1.29, 1.82) is 0 Å². The van der Waals surface area contributed by atoms with Crippen LogP contribution in [0.4, 0.5) is 5.69 Å². The summed E-state index contributed by atoms with van der Waals surface area (Å²) in [4.78, 5) is 27.3. The van der Waals surface area contributed by atoms with Gasteiger partial charge in [0.2, 0.25) is 0 Å². The number of aromatic amines is 1. The highest BCUT2D eigenvalue weighted by Crippen LogP contribution is 2.23. The van der Waals surface area contributed by atoms with E-state index in [9.17, 15) is 9.59 Å². The molecule has 0 aliphatic carbocycles. The number of aryl methyl sites for hydroxylation is 2. The van der Waals surface area contributed by atoms with Crippen molar-refractivity contribution in [2.24, 2.45) is 0 Å². The van der Waals surface area contributed by atoms with Crippen molar-refractivity contribution >= 4 is 28.4 Å². The average molecular weight is 365 g/mol. The maximum Gasteiger partial charge on any atom is 0.257 e. The molecule has 0 spiro atoms. The van der Waals surface area contributed by atoms with Gasteiger partial charge in [0, 0.05) is 34.4 Å². The van der Waals surface area contributed by atoms with Gasteiger partial charge in [0.1, 0.15) is 5.75 Å². The second-order valence-corrected chi connectivity index (χ2v) is 6.36. The van der Waals surface area contributed by atoms with E-state index in [1.807, 2.05) is 32.9 Å². The fourth-order valence-electron chi connectivity index (χ4n) is 2.84. The molecular formula is C21H23N3O3. The fourth-order valence-corrected chi connectivity index (χ4v) is 2.84. The predicted octanol–water partition coefficient (Wildman–Crippen LogP) is 3.55. The van der Waals surface area contributed by atoms with E-state index in [0.29, 0.717) is 23.5 Å². The van der Waals surface area contributed by atoms with Crippen LogP contribution in [0.3, 0.4) is 0 Å². The third-order valence-corrected chi connectivity index (χ3v) is 4.43. The normalized spacial score (nSPS) is 10.6. The molecule has 0 atom stereocenters. The Labute approximate surface area is 157 Å². The molecule has 0 fully saturated rings. The van der Waals surface area contributed by atoms with Gasteiger partial charge in [0.05, 0.1) is 0 Å². The van der Waals surface area contributed by atoms with Gasteiger partial charge in [0.15, 0.2) is 6.61 Å². The zero-order valence-corrected chi connectivity index (χ0v) is 15.7. The third kappa shape index (κ3) is 4.28. The molecule has 0 aliphatic rings. The standard InChI is InChI=1S/C21H23N3O3/c1-4-22-20(25)12-27-17-8-6-16(7-9-17)24-21(26)15-5-10-19-18(11-15)13(2)14(3)23-19/h5-11,23H,4,12H2,1-3H3,(H,22,25)(H,24,26). The molecule has 1 aromatic heterocycles. The minimum atomic E-state index is -0.175. The number of nitrogens with one attached hydrogen (secondary N) is 3. The lowest BCUT2D eigenvalue weighted by Crippen LogP contribution is -2.28. The highest BCUT2D eigenvalue weighted by Gasteiger charge is 2.10. The molecule has 2 aromatic carbocycles. The first-order valence-electron chi connectivity index (χ1n) is 8.87. The van der Waals surface area contributed by atoms with Crippen LogP contribution < -0.4 is 15.4 Å². The van der Waals surface area contributed by atoms with Gasteiger partial charge in [0.25, 0.3) is 11.8 Å². The Hall–Kier alpha value is -3.28. The van der Waals surface area contributed by atoms with Crippen LogP contribution in [-0.4, -0.2) is 29.9 Å². The van der Waals surface area contributed by atoms with Gasteiger partial charge < -0.3 is 20.4 Å². The van der Waals surface area contributed by atoms with Gasteiger partial charge in [-0.15, -0.1) is 0 Å². The van der Waals surface area contributed by atoms with Crippen LogP contribution in [0.25, 0.3) is 10.9 Å². The largest absolute Gasteiger partial charge is 0.484 e. The summed E-state index contributed by atoms with van der Waals surface area (Å²) in [6, 6.07) is 12.5. The number of likely N-dealkylation sites (N-methyl/N-ethyl adjacent to an activating group) is 1. The number of fused-ring (bicyclic) bond motifs is 1. The summed E-state index contributed by atoms with van der Waals surface area (Å²) in [5, 5.41) is 6.59. The maximum absolute atomic E-state index is 12.5. The number of ether oxygens (including phenoxy) is 1. The zero-order valence-electron chi connectivity index (χ0n) is 15.7. The average Bonchev–Trinajstić information content (AvgIpc) is 2.95. The third-order valence-electron chi connectivity index (χ3n) is 4.43. The van der Waals surface area contributed by atoms with E-state index >= 15 is 0 Å². The number of H-pyrrole nitrogens is 1. The summed E-state index contributed by atoms with van der Waals surface area (Å²) in [5.74, 6) is 0.228. The number of carbonyl (C=O) groups excluding carboxylic acids is 2. The Bertz CT molecular complexity index is 974. The van der Waals surface area contributed by atoms with Gasteiger partial charge in [-0.1, -0.05) is 0 Å². The molecule has 0 saturated carbocycles. The summed E-state index contributed by atoms with van der Waals surface area (Å²) < 4.78 is 5.40. The lowest BCUT2D eigenvalue weighted by Gasteiger charge is -2.08. The molecular weight excluding hydrogens is 342 g/mol. The van der Waals surface area contributed by atoms with Gasteiger partial charge in [-0.3, -0.25) is 9.59 Å². The van der Waals surface area contributed by atoms with E-state index in [0.717, 1.165) is 22.2 Å². The van der Waals surface area contributed by atoms with E-state index in [1.54, 1.807) is 30.3 Å². The van der Waals surface area contributed by atoms with Crippen molar-refractivity contribution in [1.82, 2.24) is 10.3 Å². The van der Waals surface area contributed by atoms with Gasteiger partial charge in [-0.2, -0.15) is 0 Å². The highest BCUT2D eigenvalue weighted by molar-refractivity contribution is 6.06. The fraction of sp³-hybridized carbons (Fsp3) is 0.238. The smallest absolute Gasteiger partial charge is 0.257 e. The highest BCUT2D eigenvalue weighted by atomic mass is 16.5. The number of carbonyl (C=O) groups is 2. The Morgan fingerprint density at radius 3 is 2.52 bits per heavy atom. The van der Waals surface area contributed by atoms with Crippen molar-refractivity contribution in [3.05, 3.63) is 59.3 Å². The molecule has 0 aliphatic heterocycles. The minimum Gasteiger partial charge on any atom is -0.484 e. The second kappa shape index (κ2) is 7.95. The lowest BCUT2D eigenvalue weighted by molar-refractivity contribution is -0.122. The molecule has 3 N–H and O–H groups in total. The number of amides is 2. The van der Waals surface area contributed by atoms with E-state index in [-0.39, 0.29) is 18.4 Å². The summed E-state index contributed by atoms with van der Waals surface area (Å²) >= 11 is 0. The number of benzene rings is 2. The molecule has 0 bridgehead atoms. The Kier molecular flexibility index (Phi) is 5.45. The summed E-state index contributed by atoms with van der Waals surface area (Å²) in [6.45, 7) is 6.45. The minimum absolute atomic E-state index is 0.0327. The van der Waals surface area contributed by atoms with Crippen molar-refractivity contribution in [3.8, 4) is 5.75 Å². The number of hydrogen-bond acceptors (Lipinski definition) is 3. The number of anilines is 1. The number of aromatic nitrogens is 1. The first-order chi connectivity index (χ1) is 13.0. The van der Waals surface area contributed by atoms with Crippen LogP contribution in [0.1, 0.15) is 28.5 Å². The molecule has 1 heterocycles. The van der Waals surface area contributed by atoms with Gasteiger partial charge >= 0.3 is 0 Å². The molecule has 27 heavy (non-hydrogen) atoms. The molecule has 3 rings (SSSR count). The van der Waals surface area contributed by atoms with Crippen LogP contribution in [0.2, 0.25) is 0 Å². The van der Waals surface area contributed by atoms with Crippen molar-refractivity contribution in [2.75, 3.05) is 18.5 Å². The van der Waals surface area contributed by atoms with E-state index < -0.39 is 0 Å². The van der Waals surface area contributed by atoms with Crippen LogP contribution in [0.5, 0.6) is 5.75 Å². The monoisotopic (exact) mass is 365 g/mol. The molecule has 0 radical (unpaired) electrons. The second-order valence-electron chi connectivity index (χ2n) is 6.36. The summed E-state index contributed by atoms with van der Waals surface area (Å²) in [6.07, 6.45) is 0. The maximum atomic E-state index is 12.5. The molecule has 6 heteroatoms. The van der Waals surface area contributed by atoms with Crippen LogP contribution in [-0.2, 0) is 4.79 Å². The van der Waals surface area contributed by atoms with Gasteiger partial charge in [-0.05, 0) is 68.8 Å². The van der Waals surface area contributed by atoms with E-state index in [2.05, 4.69) is 15.6 Å². The van der Waals surface area contributed by atoms with Crippen molar-refractivity contribution < 1.29 is 14.3 Å². The molecule has 3 aromatic rings. The Balaban J connectivity index is 1.65. The topological polar surface area (TPSA) is 83.2 Å². The van der Waals surface area contributed by atoms with E-state index in [1.165, 1.54) is 0 Å². The zero-order chi connectivity index (χ0) is 19.4. The van der Waals surface area contributed by atoms with E-state index in [4.69, 9.17) is 4.74 Å². The first kappa shape index (κ1) is 18.5. The van der Waals surface area contributed by atoms with Crippen LogP contribution in [0.15, 0.2) is 42.5 Å². The first-order valence-corrected chi connectivity index (χ1v) is 8.87. The summed E-state index contributed by atoms with van der Waals surface area (Å²) in [5.41, 5.74) is 4.53. The van der Waals surface area contributed by atoms with Crippen molar-refractivity contribution in [3.63, 3.8) is 0 Å². The van der Waals surface area contributed by atoms with Gasteiger partial charge in [-0.25, -0.2) is 0 Å². The SMILES string of the molecule is CCNC(=O)COc1ccc(NC(=O)c2ccc3[nH]c(C)c(C)c3c2)cc1. The predicted molar refractivity (Wildman–Crippen MR) is 106 cm³/mol. The molecule has 140 valence electrons. The molecule has 0 saturated heterocycles. The Morgan fingerprint density at radius 2 is 1.81 bits per heavy atom. The number of rotatable bonds is 6. The Morgan fingerprint density at radius 1 is 1.07 bits per heavy atom. The molecule has 2 amide bonds. The van der Waals surface area contributed by atoms with Crippen molar-refractivity contribution in [2.45, 2.75) is 20.8 Å². The van der Waals surface area contributed by atoms with Crippen LogP contribution >= 0.6 is 0 Å². The molecule has 6 nitrogen and oxygen atoms in total. The molecule has 0 unspecified atom stereocenters. The number of hydrogen-bond donors (Lipinski definition) is 3.